The minimum absolute atomic E-state index is 0. The fourth-order valence-corrected chi connectivity index (χ4v) is 3.07. The average molecular weight is 431 g/mol. The van der Waals surface area contributed by atoms with Gasteiger partial charge in [0.15, 0.2) is 0 Å². The van der Waals surface area contributed by atoms with Crippen LogP contribution in [0.1, 0.15) is 27.7 Å². The molecule has 2 rings (SSSR count). The van der Waals surface area contributed by atoms with Crippen molar-refractivity contribution in [1.82, 2.24) is 0 Å². The van der Waals surface area contributed by atoms with Crippen molar-refractivity contribution in [2.24, 2.45) is 0 Å². The smallest absolute Gasteiger partial charge is 1.00 e. The third kappa shape index (κ3) is 12.7. The molecular formula is C15H22Cl3PZr. The number of halogens is 3. The second kappa shape index (κ2) is 16.4. The maximum Gasteiger partial charge on any atom is 4.00 e. The first kappa shape index (κ1) is 29.1. The van der Waals surface area contributed by atoms with E-state index in [0.29, 0.717) is 0 Å². The molecule has 0 bridgehead atoms. The second-order valence-electron chi connectivity index (χ2n) is 4.63. The number of benzene rings is 1. The normalized spacial score (nSPS) is 8.50. The summed E-state index contributed by atoms with van der Waals surface area (Å²) in [7, 11) is 1.15. The van der Waals surface area contributed by atoms with Crippen LogP contribution in [0.4, 0.5) is 0 Å². The van der Waals surface area contributed by atoms with Gasteiger partial charge in [-0.05, 0) is 11.3 Å². The third-order valence-corrected chi connectivity index (χ3v) is 3.55. The zero-order valence-corrected chi connectivity index (χ0v) is 18.1. The van der Waals surface area contributed by atoms with Crippen LogP contribution in [0.25, 0.3) is 10.8 Å². The Balaban J connectivity index is -0.000000110. The molecule has 0 spiro atoms. The summed E-state index contributed by atoms with van der Waals surface area (Å²) in [6, 6.07) is 14.7. The van der Waals surface area contributed by atoms with Gasteiger partial charge in [-0.1, -0.05) is 33.8 Å². The molecule has 0 aliphatic heterocycles. The standard InChI is InChI=1S/C9H7.C6H15P.3ClH.Zr/c1-2-5-9-7-3-6-8(9)4-1;1-5(2)7-6(3)4;;;;/h1-7H;5-7H,1-4H3;3*1H;/q-1;;;;;+4/p-3. The van der Waals surface area contributed by atoms with E-state index in [1.807, 2.05) is 0 Å². The summed E-state index contributed by atoms with van der Waals surface area (Å²) < 4.78 is 0. The molecule has 0 fully saturated rings. The van der Waals surface area contributed by atoms with E-state index in [1.165, 1.54) is 10.8 Å². The van der Waals surface area contributed by atoms with Crippen molar-refractivity contribution in [3.8, 4) is 0 Å². The van der Waals surface area contributed by atoms with E-state index in [0.717, 1.165) is 19.9 Å². The molecule has 0 nitrogen and oxygen atoms in total. The molecule has 0 saturated heterocycles. The monoisotopic (exact) mass is 428 g/mol. The van der Waals surface area contributed by atoms with E-state index in [1.54, 1.807) is 0 Å². The molecule has 0 aromatic heterocycles. The summed E-state index contributed by atoms with van der Waals surface area (Å²) in [6.07, 6.45) is 0. The summed E-state index contributed by atoms with van der Waals surface area (Å²) in [4.78, 5) is 0. The molecule has 112 valence electrons. The number of fused-ring (bicyclic) bond motifs is 1. The van der Waals surface area contributed by atoms with Gasteiger partial charge in [-0.15, -0.1) is 38.2 Å². The van der Waals surface area contributed by atoms with Gasteiger partial charge in [-0.3, -0.25) is 0 Å². The molecule has 2 aromatic carbocycles. The Kier molecular flexibility index (Phi) is 23.8. The van der Waals surface area contributed by atoms with Crippen molar-refractivity contribution >= 4 is 19.4 Å². The Labute approximate surface area is 163 Å². The van der Waals surface area contributed by atoms with Crippen molar-refractivity contribution in [1.29, 1.82) is 0 Å². The van der Waals surface area contributed by atoms with Gasteiger partial charge < -0.3 is 37.2 Å². The predicted octanol–water partition coefficient (Wildman–Crippen LogP) is -3.95. The van der Waals surface area contributed by atoms with E-state index in [9.17, 15) is 0 Å². The first-order valence-corrected chi connectivity index (χ1v) is 7.11. The van der Waals surface area contributed by atoms with E-state index in [2.05, 4.69) is 70.2 Å². The molecule has 0 saturated carbocycles. The quantitative estimate of drug-likeness (QED) is 0.337. The van der Waals surface area contributed by atoms with Crippen LogP contribution in [0.15, 0.2) is 42.5 Å². The van der Waals surface area contributed by atoms with E-state index < -0.39 is 0 Å². The van der Waals surface area contributed by atoms with Crippen LogP contribution >= 0.6 is 8.58 Å². The zero-order chi connectivity index (χ0) is 12.0. The Morgan fingerprint density at radius 2 is 1.35 bits per heavy atom. The molecule has 0 aliphatic carbocycles. The fraction of sp³-hybridized carbons (Fsp3) is 0.400. The topological polar surface area (TPSA) is 0 Å². The van der Waals surface area contributed by atoms with Gasteiger partial charge in [-0.2, -0.15) is 17.5 Å². The molecule has 0 atom stereocenters. The van der Waals surface area contributed by atoms with Gasteiger partial charge in [0.25, 0.3) is 0 Å². The summed E-state index contributed by atoms with van der Waals surface area (Å²) in [5, 5.41) is 2.66. The van der Waals surface area contributed by atoms with Crippen LogP contribution in [-0.2, 0) is 26.2 Å². The number of hydrogen-bond acceptors (Lipinski definition) is 0. The van der Waals surface area contributed by atoms with Crippen molar-refractivity contribution in [2.75, 3.05) is 0 Å². The molecule has 0 unspecified atom stereocenters. The molecule has 5 heteroatoms. The summed E-state index contributed by atoms with van der Waals surface area (Å²) in [5.74, 6) is 0. The van der Waals surface area contributed by atoms with Crippen LogP contribution < -0.4 is 37.2 Å². The summed E-state index contributed by atoms with van der Waals surface area (Å²) in [6.45, 7) is 9.10. The first-order valence-electron chi connectivity index (χ1n) is 5.96. The molecular weight excluding hydrogens is 409 g/mol. The number of hydrogen-bond donors (Lipinski definition) is 0. The Hall–Kier alpha value is 1.01. The van der Waals surface area contributed by atoms with Gasteiger partial charge in [0.05, 0.1) is 0 Å². The molecule has 0 amide bonds. The van der Waals surface area contributed by atoms with Crippen LogP contribution in [0.3, 0.4) is 0 Å². The van der Waals surface area contributed by atoms with Crippen LogP contribution in [0.2, 0.25) is 0 Å². The van der Waals surface area contributed by atoms with Crippen LogP contribution in [-0.4, -0.2) is 11.3 Å². The van der Waals surface area contributed by atoms with E-state index >= 15 is 0 Å². The minimum atomic E-state index is 0. The molecule has 0 radical (unpaired) electrons. The summed E-state index contributed by atoms with van der Waals surface area (Å²) in [5.41, 5.74) is 1.81. The predicted molar refractivity (Wildman–Crippen MR) is 78.1 cm³/mol. The van der Waals surface area contributed by atoms with Gasteiger partial charge in [-0.25, -0.2) is 0 Å². The molecule has 0 aliphatic rings. The maximum absolute atomic E-state index is 2.28. The van der Waals surface area contributed by atoms with Crippen molar-refractivity contribution < 1.29 is 63.4 Å². The Morgan fingerprint density at radius 1 is 0.850 bits per heavy atom. The Morgan fingerprint density at radius 3 is 1.75 bits per heavy atom. The van der Waals surface area contributed by atoms with Gasteiger partial charge >= 0.3 is 26.2 Å². The van der Waals surface area contributed by atoms with E-state index in [4.69, 9.17) is 0 Å². The van der Waals surface area contributed by atoms with Gasteiger partial charge in [0, 0.05) is 0 Å². The van der Waals surface area contributed by atoms with E-state index in [-0.39, 0.29) is 63.4 Å². The van der Waals surface area contributed by atoms with Crippen molar-refractivity contribution in [2.45, 2.75) is 39.0 Å². The van der Waals surface area contributed by atoms with Crippen molar-refractivity contribution in [3.63, 3.8) is 0 Å². The molecule has 2 aromatic rings. The Bertz CT molecular complexity index is 380. The minimum Gasteiger partial charge on any atom is -1.00 e. The summed E-state index contributed by atoms with van der Waals surface area (Å²) >= 11 is 0. The van der Waals surface area contributed by atoms with Crippen LogP contribution in [0, 0.1) is 0 Å². The second-order valence-corrected chi connectivity index (χ2v) is 7.27. The van der Waals surface area contributed by atoms with Gasteiger partial charge in [0.1, 0.15) is 0 Å². The maximum atomic E-state index is 2.28. The average Bonchev–Trinajstić information content (AvgIpc) is 2.63. The van der Waals surface area contributed by atoms with Crippen molar-refractivity contribution in [3.05, 3.63) is 42.5 Å². The molecule has 20 heavy (non-hydrogen) atoms. The van der Waals surface area contributed by atoms with Gasteiger partial charge in [0.2, 0.25) is 0 Å². The first-order chi connectivity index (χ1) is 7.59. The molecule has 0 heterocycles. The number of rotatable bonds is 2. The third-order valence-electron chi connectivity index (χ3n) is 2.21. The fourth-order valence-electron chi connectivity index (χ4n) is 1.74. The van der Waals surface area contributed by atoms with Crippen LogP contribution in [0.5, 0.6) is 0 Å². The molecule has 0 N–H and O–H groups in total. The largest absolute Gasteiger partial charge is 4.00 e. The SMILES string of the molecule is CC(C)PC(C)C.[Cl-].[Cl-].[Cl-].[Zr+4].c1ccc2[cH-]ccc2c1. The zero-order valence-electron chi connectivity index (χ0n) is 12.3.